The van der Waals surface area contributed by atoms with E-state index in [1.807, 2.05) is 0 Å². The van der Waals surface area contributed by atoms with Crippen molar-refractivity contribution in [3.05, 3.63) is 0 Å². The van der Waals surface area contributed by atoms with Crippen molar-refractivity contribution in [2.75, 3.05) is 39.8 Å². The maximum absolute atomic E-state index is 6.18. The first-order chi connectivity index (χ1) is 8.97. The van der Waals surface area contributed by atoms with E-state index in [4.69, 9.17) is 5.73 Å². The normalized spacial score (nSPS) is 29.1. The molecule has 19 heavy (non-hydrogen) atoms. The molecule has 0 spiro atoms. The van der Waals surface area contributed by atoms with Crippen LogP contribution in [0.25, 0.3) is 0 Å². The average molecular weight is 267 g/mol. The van der Waals surface area contributed by atoms with Crippen molar-refractivity contribution < 1.29 is 0 Å². The molecular formula is C16H33N3. The van der Waals surface area contributed by atoms with Gasteiger partial charge in [0.2, 0.25) is 0 Å². The molecule has 0 unspecified atom stereocenters. The highest BCUT2D eigenvalue weighted by molar-refractivity contribution is 4.92. The van der Waals surface area contributed by atoms with Crippen molar-refractivity contribution in [1.82, 2.24) is 9.80 Å². The zero-order chi connectivity index (χ0) is 13.9. The van der Waals surface area contributed by atoms with Crippen molar-refractivity contribution in [2.45, 2.75) is 57.9 Å². The van der Waals surface area contributed by atoms with Crippen LogP contribution in [-0.2, 0) is 0 Å². The molecule has 3 nitrogen and oxygen atoms in total. The molecular weight excluding hydrogens is 234 g/mol. The second-order valence-electron chi connectivity index (χ2n) is 7.56. The van der Waals surface area contributed by atoms with Crippen LogP contribution in [0, 0.1) is 5.41 Å². The SMILES string of the molecule is CN1CCN(CC2(CN)CCCCCC2)CC1(C)C. The topological polar surface area (TPSA) is 32.5 Å². The summed E-state index contributed by atoms with van der Waals surface area (Å²) in [6.07, 6.45) is 8.28. The summed E-state index contributed by atoms with van der Waals surface area (Å²) in [4.78, 5) is 5.17. The molecule has 1 aliphatic heterocycles. The van der Waals surface area contributed by atoms with Crippen molar-refractivity contribution in [1.29, 1.82) is 0 Å². The molecule has 0 radical (unpaired) electrons. The molecule has 0 aromatic carbocycles. The Morgan fingerprint density at radius 3 is 2.16 bits per heavy atom. The number of piperazine rings is 1. The Labute approximate surface area is 119 Å². The fourth-order valence-corrected chi connectivity index (χ4v) is 3.86. The minimum Gasteiger partial charge on any atom is -0.330 e. The average Bonchev–Trinajstić information content (AvgIpc) is 2.60. The first-order valence-corrected chi connectivity index (χ1v) is 8.11. The third-order valence-corrected chi connectivity index (χ3v) is 5.55. The van der Waals surface area contributed by atoms with Gasteiger partial charge >= 0.3 is 0 Å². The second-order valence-corrected chi connectivity index (χ2v) is 7.56. The van der Waals surface area contributed by atoms with E-state index >= 15 is 0 Å². The fourth-order valence-electron chi connectivity index (χ4n) is 3.86. The van der Waals surface area contributed by atoms with Crippen LogP contribution in [-0.4, -0.2) is 55.1 Å². The molecule has 2 N–H and O–H groups in total. The number of nitrogens with zero attached hydrogens (tertiary/aromatic N) is 2. The van der Waals surface area contributed by atoms with Gasteiger partial charge in [0.15, 0.2) is 0 Å². The van der Waals surface area contributed by atoms with Gasteiger partial charge in [-0.3, -0.25) is 9.80 Å². The molecule has 1 heterocycles. The van der Waals surface area contributed by atoms with Gasteiger partial charge in [0.05, 0.1) is 0 Å². The van der Waals surface area contributed by atoms with E-state index in [1.165, 1.54) is 64.7 Å². The van der Waals surface area contributed by atoms with Crippen LogP contribution in [0.4, 0.5) is 0 Å². The molecule has 2 rings (SSSR count). The predicted octanol–water partition coefficient (Wildman–Crippen LogP) is 2.31. The van der Waals surface area contributed by atoms with Gasteiger partial charge in [-0.05, 0) is 45.7 Å². The van der Waals surface area contributed by atoms with Crippen LogP contribution in [0.15, 0.2) is 0 Å². The monoisotopic (exact) mass is 267 g/mol. The molecule has 0 atom stereocenters. The van der Waals surface area contributed by atoms with E-state index < -0.39 is 0 Å². The Morgan fingerprint density at radius 2 is 1.63 bits per heavy atom. The third kappa shape index (κ3) is 3.71. The van der Waals surface area contributed by atoms with Crippen LogP contribution in [0.3, 0.4) is 0 Å². The first kappa shape index (κ1) is 15.3. The van der Waals surface area contributed by atoms with Gasteiger partial charge in [-0.25, -0.2) is 0 Å². The van der Waals surface area contributed by atoms with E-state index in [1.54, 1.807) is 0 Å². The molecule has 1 saturated heterocycles. The molecule has 0 aromatic heterocycles. The molecule has 1 saturated carbocycles. The number of hydrogen-bond acceptors (Lipinski definition) is 3. The van der Waals surface area contributed by atoms with Crippen molar-refractivity contribution in [3.8, 4) is 0 Å². The van der Waals surface area contributed by atoms with E-state index in [0.717, 1.165) is 6.54 Å². The van der Waals surface area contributed by atoms with E-state index in [9.17, 15) is 0 Å². The summed E-state index contributed by atoms with van der Waals surface area (Å²) in [7, 11) is 2.25. The van der Waals surface area contributed by atoms with Gasteiger partial charge in [-0.2, -0.15) is 0 Å². The minimum absolute atomic E-state index is 0.304. The zero-order valence-electron chi connectivity index (χ0n) is 13.2. The lowest BCUT2D eigenvalue weighted by molar-refractivity contribution is 0.0137. The maximum atomic E-state index is 6.18. The summed E-state index contributed by atoms with van der Waals surface area (Å²) < 4.78 is 0. The number of hydrogen-bond donors (Lipinski definition) is 1. The highest BCUT2D eigenvalue weighted by atomic mass is 15.3. The van der Waals surface area contributed by atoms with Crippen LogP contribution < -0.4 is 5.73 Å². The van der Waals surface area contributed by atoms with Crippen LogP contribution in [0.2, 0.25) is 0 Å². The maximum Gasteiger partial charge on any atom is 0.0277 e. The van der Waals surface area contributed by atoms with Gasteiger partial charge in [0.25, 0.3) is 0 Å². The zero-order valence-corrected chi connectivity index (χ0v) is 13.2. The van der Waals surface area contributed by atoms with E-state index in [-0.39, 0.29) is 0 Å². The minimum atomic E-state index is 0.304. The van der Waals surface area contributed by atoms with Crippen molar-refractivity contribution in [3.63, 3.8) is 0 Å². The Kier molecular flexibility index (Phi) is 4.91. The quantitative estimate of drug-likeness (QED) is 0.797. The van der Waals surface area contributed by atoms with Gasteiger partial charge in [0, 0.05) is 31.7 Å². The molecule has 0 bridgehead atoms. The molecule has 2 fully saturated rings. The Hall–Kier alpha value is -0.120. The summed E-state index contributed by atoms with van der Waals surface area (Å²) in [5.41, 5.74) is 6.89. The fraction of sp³-hybridized carbons (Fsp3) is 1.00. The number of likely N-dealkylation sites (N-methyl/N-ethyl adjacent to an activating group) is 1. The lowest BCUT2D eigenvalue weighted by atomic mass is 9.79. The molecule has 1 aliphatic carbocycles. The van der Waals surface area contributed by atoms with Crippen LogP contribution >= 0.6 is 0 Å². The lowest BCUT2D eigenvalue weighted by Gasteiger charge is -2.48. The predicted molar refractivity (Wildman–Crippen MR) is 82.3 cm³/mol. The van der Waals surface area contributed by atoms with Gasteiger partial charge in [-0.1, -0.05) is 25.7 Å². The highest BCUT2D eigenvalue weighted by Gasteiger charge is 2.36. The molecule has 3 heteroatoms. The van der Waals surface area contributed by atoms with Gasteiger partial charge in [-0.15, -0.1) is 0 Å². The molecule has 0 aromatic rings. The Morgan fingerprint density at radius 1 is 1.00 bits per heavy atom. The summed E-state index contributed by atoms with van der Waals surface area (Å²) >= 11 is 0. The summed E-state index contributed by atoms with van der Waals surface area (Å²) in [5, 5.41) is 0. The first-order valence-electron chi connectivity index (χ1n) is 8.11. The summed E-state index contributed by atoms with van der Waals surface area (Å²) in [6, 6.07) is 0. The molecule has 2 aliphatic rings. The van der Waals surface area contributed by atoms with Crippen molar-refractivity contribution in [2.24, 2.45) is 11.1 Å². The number of rotatable bonds is 3. The van der Waals surface area contributed by atoms with E-state index in [0.29, 0.717) is 11.0 Å². The van der Waals surface area contributed by atoms with Crippen LogP contribution in [0.5, 0.6) is 0 Å². The number of nitrogens with two attached hydrogens (primary N) is 1. The highest BCUT2D eigenvalue weighted by Crippen LogP contribution is 2.36. The Balaban J connectivity index is 1.98. The Bertz CT molecular complexity index is 280. The third-order valence-electron chi connectivity index (χ3n) is 5.55. The summed E-state index contributed by atoms with van der Waals surface area (Å²) in [6.45, 7) is 10.4. The van der Waals surface area contributed by atoms with Crippen LogP contribution in [0.1, 0.15) is 52.4 Å². The summed E-state index contributed by atoms with van der Waals surface area (Å²) in [5.74, 6) is 0. The lowest BCUT2D eigenvalue weighted by Crippen LogP contribution is -2.59. The van der Waals surface area contributed by atoms with E-state index in [2.05, 4.69) is 30.7 Å². The van der Waals surface area contributed by atoms with Gasteiger partial charge in [0.1, 0.15) is 0 Å². The van der Waals surface area contributed by atoms with Gasteiger partial charge < -0.3 is 5.73 Å². The largest absolute Gasteiger partial charge is 0.330 e. The standard InChI is InChI=1S/C16H33N3/c1-15(2)13-19(11-10-18(15)3)14-16(12-17)8-6-4-5-7-9-16/h4-14,17H2,1-3H3. The second kappa shape index (κ2) is 6.11. The molecule has 112 valence electrons. The smallest absolute Gasteiger partial charge is 0.0277 e. The van der Waals surface area contributed by atoms with Crippen molar-refractivity contribution >= 4 is 0 Å². The molecule has 0 amide bonds.